The van der Waals surface area contributed by atoms with Gasteiger partial charge in [-0.2, -0.15) is 5.10 Å². The largest absolute Gasteiger partial charge is 0.340 e. The number of rotatable bonds is 7. The molecule has 8 heteroatoms. The molecule has 4 rings (SSSR count). The number of carbonyl (C=O) groups is 1. The van der Waals surface area contributed by atoms with Gasteiger partial charge in [-0.1, -0.05) is 18.9 Å². The van der Waals surface area contributed by atoms with Gasteiger partial charge in [0.25, 0.3) is 0 Å². The maximum absolute atomic E-state index is 12.5. The second kappa shape index (κ2) is 9.63. The quantitative estimate of drug-likeness (QED) is 0.652. The zero-order valence-electron chi connectivity index (χ0n) is 16.9. The fourth-order valence-electron chi connectivity index (χ4n) is 4.32. The summed E-state index contributed by atoms with van der Waals surface area (Å²) in [6.07, 6.45) is 10.2. The number of hydrogen-bond donors (Lipinski definition) is 0. The summed E-state index contributed by atoms with van der Waals surface area (Å²) in [5.74, 6) is 0.959. The first-order chi connectivity index (χ1) is 14.2. The van der Waals surface area contributed by atoms with E-state index in [2.05, 4.69) is 15.0 Å². The van der Waals surface area contributed by atoms with Crippen LogP contribution in [0.25, 0.3) is 0 Å². The minimum Gasteiger partial charge on any atom is -0.340 e. The molecule has 1 aliphatic carbocycles. The van der Waals surface area contributed by atoms with E-state index in [9.17, 15) is 4.79 Å². The van der Waals surface area contributed by atoms with E-state index in [1.165, 1.54) is 25.7 Å². The van der Waals surface area contributed by atoms with Crippen LogP contribution < -0.4 is 0 Å². The Bertz CT molecular complexity index is 850. The molecule has 2 fully saturated rings. The van der Waals surface area contributed by atoms with Crippen molar-refractivity contribution in [3.05, 3.63) is 41.2 Å². The molecule has 3 heterocycles. The second-order valence-electron chi connectivity index (χ2n) is 8.17. The average Bonchev–Trinajstić information content (AvgIpc) is 3.38. The first-order valence-electron chi connectivity index (χ1n) is 10.7. The Balaban J connectivity index is 1.24. The highest BCUT2D eigenvalue weighted by atomic mass is 32.1. The molecule has 2 aliphatic rings. The van der Waals surface area contributed by atoms with E-state index in [1.54, 1.807) is 0 Å². The predicted octanol–water partition coefficient (Wildman–Crippen LogP) is 2.73. The Labute approximate surface area is 177 Å². The van der Waals surface area contributed by atoms with Crippen LogP contribution >= 0.6 is 12.2 Å². The average molecular weight is 415 g/mol. The molecule has 2 aromatic heterocycles. The van der Waals surface area contributed by atoms with Gasteiger partial charge >= 0.3 is 0 Å². The van der Waals surface area contributed by atoms with Crippen LogP contribution in [-0.4, -0.2) is 61.2 Å². The molecular weight excluding hydrogens is 384 g/mol. The first kappa shape index (κ1) is 20.2. The van der Waals surface area contributed by atoms with Crippen molar-refractivity contribution in [3.8, 4) is 0 Å². The Hall–Kier alpha value is -2.06. The summed E-state index contributed by atoms with van der Waals surface area (Å²) in [6.45, 7) is 4.82. The molecule has 156 valence electrons. The van der Waals surface area contributed by atoms with Crippen LogP contribution in [0.3, 0.4) is 0 Å². The maximum Gasteiger partial charge on any atom is 0.222 e. The van der Waals surface area contributed by atoms with E-state index in [-0.39, 0.29) is 0 Å². The standard InChI is InChI=1S/C21H30N6OS/c28-20(15-18-5-1-2-6-18)25-13-11-24(12-14-25)17-27-21(29)26(16-23-27)10-8-19-7-3-4-9-22-19/h3-4,7,9,16,18H,1-2,5-6,8,10-15,17H2. The van der Waals surface area contributed by atoms with Crippen molar-refractivity contribution in [3.63, 3.8) is 0 Å². The number of aryl methyl sites for hydroxylation is 2. The number of pyridine rings is 1. The lowest BCUT2D eigenvalue weighted by molar-refractivity contribution is -0.134. The number of nitrogens with zero attached hydrogens (tertiary/aromatic N) is 6. The SMILES string of the molecule is O=C(CC1CCCC1)N1CCN(Cn2ncn(CCc3ccccn3)c2=S)CC1. The molecule has 0 spiro atoms. The van der Waals surface area contributed by atoms with Gasteiger partial charge < -0.3 is 9.47 Å². The van der Waals surface area contributed by atoms with Crippen molar-refractivity contribution in [1.82, 2.24) is 29.1 Å². The Morgan fingerprint density at radius 1 is 1.14 bits per heavy atom. The second-order valence-corrected chi connectivity index (χ2v) is 8.54. The molecule has 0 radical (unpaired) electrons. The van der Waals surface area contributed by atoms with Gasteiger partial charge in [-0.25, -0.2) is 4.68 Å². The minimum atomic E-state index is 0.340. The minimum absolute atomic E-state index is 0.340. The lowest BCUT2D eigenvalue weighted by Gasteiger charge is -2.35. The van der Waals surface area contributed by atoms with E-state index in [0.29, 0.717) is 18.5 Å². The first-order valence-corrected chi connectivity index (χ1v) is 11.1. The Morgan fingerprint density at radius 2 is 1.93 bits per heavy atom. The molecule has 0 aromatic carbocycles. The van der Waals surface area contributed by atoms with Gasteiger partial charge in [-0.15, -0.1) is 0 Å². The van der Waals surface area contributed by atoms with Crippen LogP contribution in [-0.2, 0) is 24.4 Å². The summed E-state index contributed by atoms with van der Waals surface area (Å²) < 4.78 is 4.62. The highest BCUT2D eigenvalue weighted by Crippen LogP contribution is 2.28. The summed E-state index contributed by atoms with van der Waals surface area (Å²) in [5.41, 5.74) is 1.06. The molecule has 0 bridgehead atoms. The lowest BCUT2D eigenvalue weighted by atomic mass is 10.0. The number of piperazine rings is 1. The van der Waals surface area contributed by atoms with E-state index < -0.39 is 0 Å². The highest BCUT2D eigenvalue weighted by molar-refractivity contribution is 7.71. The summed E-state index contributed by atoms with van der Waals surface area (Å²) in [7, 11) is 0. The van der Waals surface area contributed by atoms with E-state index >= 15 is 0 Å². The summed E-state index contributed by atoms with van der Waals surface area (Å²) in [5, 5.41) is 4.48. The number of aromatic nitrogens is 4. The molecule has 1 saturated heterocycles. The smallest absolute Gasteiger partial charge is 0.222 e. The molecule has 1 aliphatic heterocycles. The normalized spacial score (nSPS) is 18.4. The van der Waals surface area contributed by atoms with Gasteiger partial charge in [0, 0.05) is 57.5 Å². The zero-order valence-corrected chi connectivity index (χ0v) is 17.8. The Kier molecular flexibility index (Phi) is 6.71. The highest BCUT2D eigenvalue weighted by Gasteiger charge is 2.25. The zero-order chi connectivity index (χ0) is 20.1. The van der Waals surface area contributed by atoms with Gasteiger partial charge in [0.2, 0.25) is 5.91 Å². The van der Waals surface area contributed by atoms with Gasteiger partial charge in [-0.3, -0.25) is 14.7 Å². The fourth-order valence-corrected chi connectivity index (χ4v) is 4.57. The van der Waals surface area contributed by atoms with Crippen LogP contribution in [0.15, 0.2) is 30.7 Å². The lowest BCUT2D eigenvalue weighted by Crippen LogP contribution is -2.49. The molecule has 1 saturated carbocycles. The van der Waals surface area contributed by atoms with Crippen molar-refractivity contribution in [2.45, 2.75) is 51.7 Å². The fraction of sp³-hybridized carbons (Fsp3) is 0.619. The van der Waals surface area contributed by atoms with Gasteiger partial charge in [-0.05, 0) is 43.1 Å². The van der Waals surface area contributed by atoms with Crippen molar-refractivity contribution in [1.29, 1.82) is 0 Å². The molecule has 29 heavy (non-hydrogen) atoms. The number of hydrogen-bond acceptors (Lipinski definition) is 5. The van der Waals surface area contributed by atoms with E-state index in [4.69, 9.17) is 12.2 Å². The molecule has 0 N–H and O–H groups in total. The van der Waals surface area contributed by atoms with E-state index in [1.807, 2.05) is 44.9 Å². The Morgan fingerprint density at radius 3 is 2.66 bits per heavy atom. The van der Waals surface area contributed by atoms with Crippen LogP contribution in [0.2, 0.25) is 0 Å². The number of amides is 1. The van der Waals surface area contributed by atoms with Gasteiger partial charge in [0.1, 0.15) is 6.33 Å². The maximum atomic E-state index is 12.5. The van der Waals surface area contributed by atoms with E-state index in [0.717, 1.165) is 56.0 Å². The molecular formula is C21H30N6OS. The predicted molar refractivity (Wildman–Crippen MR) is 114 cm³/mol. The number of carbonyl (C=O) groups excluding carboxylic acids is 1. The molecule has 7 nitrogen and oxygen atoms in total. The molecule has 0 unspecified atom stereocenters. The van der Waals surface area contributed by atoms with Gasteiger partial charge in [0.15, 0.2) is 4.77 Å². The summed E-state index contributed by atoms with van der Waals surface area (Å²) >= 11 is 5.61. The summed E-state index contributed by atoms with van der Waals surface area (Å²) in [4.78, 5) is 21.3. The van der Waals surface area contributed by atoms with Crippen molar-refractivity contribution < 1.29 is 4.79 Å². The topological polar surface area (TPSA) is 59.2 Å². The van der Waals surface area contributed by atoms with Crippen LogP contribution in [0.1, 0.15) is 37.8 Å². The summed E-state index contributed by atoms with van der Waals surface area (Å²) in [6, 6.07) is 5.96. The van der Waals surface area contributed by atoms with Crippen molar-refractivity contribution in [2.24, 2.45) is 5.92 Å². The van der Waals surface area contributed by atoms with Crippen LogP contribution in [0.5, 0.6) is 0 Å². The molecule has 1 amide bonds. The monoisotopic (exact) mass is 414 g/mol. The third kappa shape index (κ3) is 5.30. The van der Waals surface area contributed by atoms with Crippen molar-refractivity contribution in [2.75, 3.05) is 26.2 Å². The van der Waals surface area contributed by atoms with Crippen LogP contribution in [0, 0.1) is 10.7 Å². The third-order valence-corrected chi connectivity index (χ3v) is 6.57. The third-order valence-electron chi connectivity index (χ3n) is 6.13. The van der Waals surface area contributed by atoms with Crippen LogP contribution in [0.4, 0.5) is 0 Å². The molecule has 2 aromatic rings. The molecule has 0 atom stereocenters. The van der Waals surface area contributed by atoms with Gasteiger partial charge in [0.05, 0.1) is 6.67 Å². The van der Waals surface area contributed by atoms with Crippen molar-refractivity contribution >= 4 is 18.1 Å².